The number of ether oxygens (including phenoxy) is 2. The Bertz CT molecular complexity index is 308. The van der Waals surface area contributed by atoms with E-state index in [1.165, 1.54) is 14.2 Å². The summed E-state index contributed by atoms with van der Waals surface area (Å²) in [7, 11) is 4.65. The number of rotatable bonds is 6. The van der Waals surface area contributed by atoms with Gasteiger partial charge in [0.15, 0.2) is 0 Å². The zero-order valence-electron chi connectivity index (χ0n) is 11.6. The van der Waals surface area contributed by atoms with Crippen LogP contribution in [-0.2, 0) is 19.1 Å². The number of thioether (sulfide) groups is 2. The second-order valence-electron chi connectivity index (χ2n) is 4.22. The zero-order chi connectivity index (χ0) is 14.3. The van der Waals surface area contributed by atoms with Crippen LogP contribution in [0.4, 0.5) is 0 Å². The van der Waals surface area contributed by atoms with Gasteiger partial charge in [-0.1, -0.05) is 0 Å². The molecular weight excluding hydrogens is 286 g/mol. The van der Waals surface area contributed by atoms with Crippen molar-refractivity contribution < 1.29 is 19.1 Å². The molecule has 7 heteroatoms. The first-order valence-electron chi connectivity index (χ1n) is 6.16. The van der Waals surface area contributed by atoms with Crippen molar-refractivity contribution in [2.75, 3.05) is 38.5 Å². The van der Waals surface area contributed by atoms with E-state index in [0.29, 0.717) is 11.8 Å². The summed E-state index contributed by atoms with van der Waals surface area (Å²) < 4.78 is 9.46. The lowest BCUT2D eigenvalue weighted by Crippen LogP contribution is -2.46. The summed E-state index contributed by atoms with van der Waals surface area (Å²) in [5, 5.41) is 0.292. The molecule has 1 fully saturated rings. The Labute approximate surface area is 122 Å². The van der Waals surface area contributed by atoms with E-state index in [2.05, 4.69) is 4.74 Å². The van der Waals surface area contributed by atoms with E-state index in [-0.39, 0.29) is 24.4 Å². The van der Waals surface area contributed by atoms with Crippen molar-refractivity contribution in [2.24, 2.45) is 0 Å². The van der Waals surface area contributed by atoms with Crippen LogP contribution in [0, 0.1) is 0 Å². The molecule has 2 atom stereocenters. The lowest BCUT2D eigenvalue weighted by Gasteiger charge is -2.34. The molecule has 110 valence electrons. The van der Waals surface area contributed by atoms with Crippen LogP contribution < -0.4 is 0 Å². The molecule has 0 radical (unpaired) electrons. The Morgan fingerprint density at radius 2 is 2.05 bits per heavy atom. The molecule has 0 aliphatic carbocycles. The Balaban J connectivity index is 2.60. The third kappa shape index (κ3) is 5.24. The third-order valence-electron chi connectivity index (χ3n) is 3.07. The van der Waals surface area contributed by atoms with E-state index in [4.69, 9.17) is 4.74 Å². The number of hydrogen-bond acceptors (Lipinski definition) is 7. The minimum atomic E-state index is -0.389. The number of carbonyl (C=O) groups excluding carboxylic acids is 2. The molecule has 1 heterocycles. The van der Waals surface area contributed by atoms with Gasteiger partial charge < -0.3 is 9.47 Å². The number of likely N-dealkylation sites (N-methyl/N-ethyl adjacent to an activating group) is 1. The van der Waals surface area contributed by atoms with Crippen LogP contribution in [0.15, 0.2) is 0 Å². The van der Waals surface area contributed by atoms with Gasteiger partial charge in [0.2, 0.25) is 0 Å². The molecule has 1 rings (SSSR count). The van der Waals surface area contributed by atoms with Crippen molar-refractivity contribution in [1.82, 2.24) is 4.90 Å². The van der Waals surface area contributed by atoms with Crippen LogP contribution in [0.25, 0.3) is 0 Å². The fourth-order valence-corrected chi connectivity index (χ4v) is 4.68. The van der Waals surface area contributed by atoms with E-state index < -0.39 is 0 Å². The average Bonchev–Trinajstić information content (AvgIpc) is 2.47. The molecule has 0 aromatic rings. The fraction of sp³-hybridized carbons (Fsp3) is 0.833. The van der Waals surface area contributed by atoms with Gasteiger partial charge in [0.25, 0.3) is 0 Å². The number of hydrogen-bond donors (Lipinski definition) is 0. The quantitative estimate of drug-likeness (QED) is 0.684. The SMILES string of the molecule is COC(=O)CCC(C(=O)OC)N(C)C1CSCCS1. The topological polar surface area (TPSA) is 55.8 Å². The molecule has 1 aliphatic rings. The second-order valence-corrected chi connectivity index (χ2v) is 6.66. The highest BCUT2D eigenvalue weighted by Gasteiger charge is 2.31. The highest BCUT2D eigenvalue weighted by molar-refractivity contribution is 8.06. The molecule has 0 aromatic heterocycles. The first-order chi connectivity index (χ1) is 9.10. The summed E-state index contributed by atoms with van der Waals surface area (Å²) in [6.45, 7) is 0. The minimum Gasteiger partial charge on any atom is -0.469 e. The van der Waals surface area contributed by atoms with Crippen molar-refractivity contribution in [2.45, 2.75) is 24.3 Å². The zero-order valence-corrected chi connectivity index (χ0v) is 13.2. The average molecular weight is 307 g/mol. The van der Waals surface area contributed by atoms with Crippen LogP contribution in [-0.4, -0.2) is 66.8 Å². The third-order valence-corrected chi connectivity index (χ3v) is 5.90. The molecule has 2 unspecified atom stereocenters. The van der Waals surface area contributed by atoms with Gasteiger partial charge in [-0.2, -0.15) is 11.8 Å². The van der Waals surface area contributed by atoms with Crippen molar-refractivity contribution in [3.63, 3.8) is 0 Å². The number of methoxy groups -OCH3 is 2. The van der Waals surface area contributed by atoms with Gasteiger partial charge in [0, 0.05) is 23.7 Å². The summed E-state index contributed by atoms with van der Waals surface area (Å²) >= 11 is 3.74. The lowest BCUT2D eigenvalue weighted by molar-refractivity contribution is -0.147. The van der Waals surface area contributed by atoms with Crippen molar-refractivity contribution in [1.29, 1.82) is 0 Å². The lowest BCUT2D eigenvalue weighted by atomic mass is 10.1. The predicted octanol–water partition coefficient (Wildman–Crippen LogP) is 1.22. The van der Waals surface area contributed by atoms with Crippen LogP contribution >= 0.6 is 23.5 Å². The molecule has 0 spiro atoms. The molecule has 0 N–H and O–H groups in total. The van der Waals surface area contributed by atoms with Gasteiger partial charge in [-0.15, -0.1) is 11.8 Å². The number of esters is 2. The Morgan fingerprint density at radius 1 is 1.32 bits per heavy atom. The maximum absolute atomic E-state index is 11.9. The monoisotopic (exact) mass is 307 g/mol. The molecule has 5 nitrogen and oxygen atoms in total. The second kappa shape index (κ2) is 8.71. The number of nitrogens with zero attached hydrogens (tertiary/aromatic N) is 1. The van der Waals surface area contributed by atoms with E-state index in [1.807, 2.05) is 35.5 Å². The normalized spacial score (nSPS) is 20.9. The largest absolute Gasteiger partial charge is 0.469 e. The van der Waals surface area contributed by atoms with Gasteiger partial charge in [-0.3, -0.25) is 14.5 Å². The molecule has 19 heavy (non-hydrogen) atoms. The van der Waals surface area contributed by atoms with E-state index in [9.17, 15) is 9.59 Å². The standard InChI is InChI=1S/C12H21NO4S2/c1-13(10-8-18-6-7-19-10)9(12(15)17-3)4-5-11(14)16-2/h9-10H,4-8H2,1-3H3. The number of carbonyl (C=O) groups is 2. The maximum atomic E-state index is 11.9. The molecule has 0 amide bonds. The van der Waals surface area contributed by atoms with Crippen LogP contribution in [0.1, 0.15) is 12.8 Å². The predicted molar refractivity (Wildman–Crippen MR) is 78.4 cm³/mol. The summed E-state index contributed by atoms with van der Waals surface area (Å²) in [5.74, 6) is 2.65. The Kier molecular flexibility index (Phi) is 7.63. The van der Waals surface area contributed by atoms with Gasteiger partial charge in [-0.25, -0.2) is 0 Å². The van der Waals surface area contributed by atoms with E-state index in [0.717, 1.165) is 17.3 Å². The molecule has 1 saturated heterocycles. The smallest absolute Gasteiger partial charge is 0.323 e. The summed E-state index contributed by atoms with van der Waals surface area (Å²) in [6, 6.07) is -0.389. The summed E-state index contributed by atoms with van der Waals surface area (Å²) in [6.07, 6.45) is 0.655. The minimum absolute atomic E-state index is 0.227. The highest BCUT2D eigenvalue weighted by Crippen LogP contribution is 2.28. The Hall–Kier alpha value is -0.400. The van der Waals surface area contributed by atoms with Crippen molar-refractivity contribution >= 4 is 35.5 Å². The van der Waals surface area contributed by atoms with Crippen molar-refractivity contribution in [3.05, 3.63) is 0 Å². The molecule has 0 saturated carbocycles. The van der Waals surface area contributed by atoms with Crippen molar-refractivity contribution in [3.8, 4) is 0 Å². The first kappa shape index (κ1) is 16.7. The van der Waals surface area contributed by atoms with Gasteiger partial charge >= 0.3 is 11.9 Å². The van der Waals surface area contributed by atoms with Crippen LogP contribution in [0.3, 0.4) is 0 Å². The van der Waals surface area contributed by atoms with E-state index in [1.54, 1.807) is 0 Å². The fourth-order valence-electron chi connectivity index (χ4n) is 1.89. The van der Waals surface area contributed by atoms with Gasteiger partial charge in [0.1, 0.15) is 6.04 Å². The summed E-state index contributed by atoms with van der Waals surface area (Å²) in [4.78, 5) is 25.1. The van der Waals surface area contributed by atoms with Crippen LogP contribution in [0.2, 0.25) is 0 Å². The molecule has 0 aromatic carbocycles. The highest BCUT2D eigenvalue weighted by atomic mass is 32.2. The summed E-state index contributed by atoms with van der Waals surface area (Å²) in [5.41, 5.74) is 0. The maximum Gasteiger partial charge on any atom is 0.323 e. The molecular formula is C12H21NO4S2. The molecule has 0 bridgehead atoms. The Morgan fingerprint density at radius 3 is 2.58 bits per heavy atom. The first-order valence-corrected chi connectivity index (χ1v) is 8.36. The molecule has 1 aliphatic heterocycles. The van der Waals surface area contributed by atoms with E-state index >= 15 is 0 Å². The van der Waals surface area contributed by atoms with Gasteiger partial charge in [-0.05, 0) is 13.5 Å². The van der Waals surface area contributed by atoms with Crippen LogP contribution in [0.5, 0.6) is 0 Å². The van der Waals surface area contributed by atoms with Gasteiger partial charge in [0.05, 0.1) is 19.6 Å².